The van der Waals surface area contributed by atoms with Crippen LogP contribution in [0, 0.1) is 34.5 Å². The standard InChI is InChI=1S/C39H51NO5/c1-8-24-18-31(41)34(42)23(2)33(24)28(29-22-40-30-12-11-26(45-7)20-27(29)30)19-25-10-9-13-39(6)32-21-37(4,35(43)44)15-14-36(32,3)16-17-38(25,39)5/h11-12,18-20,22,28,32,40-42H,8-10,13-17,21H2,1-7H3,(H,43,44)/b25-19+/t28?,32-,36-,37-,38-,39+/m1/s1. The van der Waals surface area contributed by atoms with Gasteiger partial charge in [0.2, 0.25) is 0 Å². The first-order valence-electron chi connectivity index (χ1n) is 16.9. The number of aromatic nitrogens is 1. The lowest BCUT2D eigenvalue weighted by Gasteiger charge is -2.67. The molecule has 3 fully saturated rings. The molecule has 4 N–H and O–H groups in total. The smallest absolute Gasteiger partial charge is 0.309 e. The molecule has 6 nitrogen and oxygen atoms in total. The van der Waals surface area contributed by atoms with Crippen LogP contribution in [-0.2, 0) is 11.2 Å². The number of carboxylic acid groups (broad SMARTS) is 1. The molecule has 6 rings (SSSR count). The topological polar surface area (TPSA) is 103 Å². The average molecular weight is 614 g/mol. The van der Waals surface area contributed by atoms with Crippen molar-refractivity contribution in [1.29, 1.82) is 0 Å². The van der Waals surface area contributed by atoms with E-state index in [-0.39, 0.29) is 33.7 Å². The van der Waals surface area contributed by atoms with Gasteiger partial charge < -0.3 is 25.0 Å². The Morgan fingerprint density at radius 2 is 1.82 bits per heavy atom. The third-order valence-corrected chi connectivity index (χ3v) is 13.3. The Hall–Kier alpha value is -3.41. The molecule has 2 aromatic carbocycles. The van der Waals surface area contributed by atoms with Crippen LogP contribution in [0.1, 0.15) is 114 Å². The number of hydrogen-bond acceptors (Lipinski definition) is 4. The molecule has 0 bridgehead atoms. The first kappa shape index (κ1) is 31.6. The van der Waals surface area contributed by atoms with Gasteiger partial charge in [0.05, 0.1) is 12.5 Å². The molecule has 3 aromatic rings. The summed E-state index contributed by atoms with van der Waals surface area (Å²) in [4.78, 5) is 16.0. The molecule has 1 unspecified atom stereocenters. The van der Waals surface area contributed by atoms with Gasteiger partial charge in [0, 0.05) is 23.0 Å². The van der Waals surface area contributed by atoms with Crippen molar-refractivity contribution >= 4 is 16.9 Å². The summed E-state index contributed by atoms with van der Waals surface area (Å²) < 4.78 is 5.63. The molecule has 1 heterocycles. The average Bonchev–Trinajstić information content (AvgIpc) is 3.44. The summed E-state index contributed by atoms with van der Waals surface area (Å²) >= 11 is 0. The Kier molecular flexibility index (Phi) is 7.61. The van der Waals surface area contributed by atoms with Crippen LogP contribution in [-0.4, -0.2) is 33.4 Å². The molecule has 45 heavy (non-hydrogen) atoms. The van der Waals surface area contributed by atoms with Gasteiger partial charge in [0.15, 0.2) is 11.5 Å². The first-order valence-corrected chi connectivity index (χ1v) is 16.9. The number of ether oxygens (including phenoxy) is 1. The summed E-state index contributed by atoms with van der Waals surface area (Å²) in [6.07, 6.45) is 13.1. The lowest BCUT2D eigenvalue weighted by molar-refractivity contribution is -0.174. The number of allylic oxidation sites excluding steroid dienone is 2. The number of H-pyrrole nitrogens is 1. The molecule has 242 valence electrons. The highest BCUT2D eigenvalue weighted by Gasteiger charge is 2.64. The SMILES string of the molecule is CCc1cc(O)c(O)c(C)c1C(/C=C1\CCC[C@@]2(C)[C@@H]3C[C@](C)(C(=O)O)CC[C@]3(C)CC[C@]12C)c1c[nH]c2ccc(OC)cc12. The van der Waals surface area contributed by atoms with Crippen LogP contribution in [0.4, 0.5) is 0 Å². The van der Waals surface area contributed by atoms with Gasteiger partial charge in [-0.05, 0) is 140 Å². The highest BCUT2D eigenvalue weighted by Crippen LogP contribution is 2.72. The van der Waals surface area contributed by atoms with E-state index in [0.29, 0.717) is 11.5 Å². The minimum absolute atomic E-state index is 0.0328. The molecule has 0 aliphatic heterocycles. The zero-order valence-corrected chi connectivity index (χ0v) is 28.1. The van der Waals surface area contributed by atoms with E-state index in [4.69, 9.17) is 4.74 Å². The summed E-state index contributed by atoms with van der Waals surface area (Å²) in [7, 11) is 1.69. The van der Waals surface area contributed by atoms with Crippen LogP contribution in [0.3, 0.4) is 0 Å². The van der Waals surface area contributed by atoms with Crippen LogP contribution < -0.4 is 4.74 Å². The van der Waals surface area contributed by atoms with E-state index in [1.165, 1.54) is 5.57 Å². The highest BCUT2D eigenvalue weighted by atomic mass is 16.5. The largest absolute Gasteiger partial charge is 0.504 e. The predicted molar refractivity (Wildman–Crippen MR) is 179 cm³/mol. The van der Waals surface area contributed by atoms with Gasteiger partial charge in [-0.15, -0.1) is 0 Å². The normalized spacial score (nSPS) is 33.0. The van der Waals surface area contributed by atoms with Gasteiger partial charge >= 0.3 is 5.97 Å². The summed E-state index contributed by atoms with van der Waals surface area (Å²) in [6, 6.07) is 7.83. The van der Waals surface area contributed by atoms with E-state index in [2.05, 4.69) is 51.0 Å². The number of carbonyl (C=O) groups is 1. The molecule has 6 heteroatoms. The van der Waals surface area contributed by atoms with Crippen LogP contribution in [0.2, 0.25) is 0 Å². The van der Waals surface area contributed by atoms with Crippen molar-refractivity contribution in [3.63, 3.8) is 0 Å². The minimum atomic E-state index is -0.685. The van der Waals surface area contributed by atoms with Gasteiger partial charge in [-0.3, -0.25) is 4.79 Å². The van der Waals surface area contributed by atoms with E-state index in [1.54, 1.807) is 13.2 Å². The minimum Gasteiger partial charge on any atom is -0.504 e. The molecule has 6 atom stereocenters. The highest BCUT2D eigenvalue weighted by molar-refractivity contribution is 5.86. The zero-order valence-electron chi connectivity index (χ0n) is 28.1. The van der Waals surface area contributed by atoms with E-state index >= 15 is 0 Å². The number of methoxy groups -OCH3 is 1. The summed E-state index contributed by atoms with van der Waals surface area (Å²) in [6.45, 7) is 13.3. The molecule has 0 saturated heterocycles. The van der Waals surface area contributed by atoms with Crippen molar-refractivity contribution in [2.45, 2.75) is 105 Å². The third kappa shape index (κ3) is 4.68. The van der Waals surface area contributed by atoms with Crippen molar-refractivity contribution < 1.29 is 24.9 Å². The number of benzene rings is 2. The molecule has 0 amide bonds. The summed E-state index contributed by atoms with van der Waals surface area (Å²) in [5.74, 6) is 0.151. The fourth-order valence-corrected chi connectivity index (χ4v) is 10.0. The second-order valence-corrected chi connectivity index (χ2v) is 15.5. The molecular formula is C39H51NO5. The van der Waals surface area contributed by atoms with Gasteiger partial charge in [-0.25, -0.2) is 0 Å². The number of aliphatic carboxylic acids is 1. The van der Waals surface area contributed by atoms with Gasteiger partial charge in [-0.2, -0.15) is 0 Å². The van der Waals surface area contributed by atoms with Crippen molar-refractivity contribution in [2.24, 2.45) is 27.6 Å². The Morgan fingerprint density at radius 3 is 2.51 bits per heavy atom. The molecular weight excluding hydrogens is 562 g/mol. The fraction of sp³-hybridized carbons (Fsp3) is 0.564. The predicted octanol–water partition coefficient (Wildman–Crippen LogP) is 9.40. The number of aromatic amines is 1. The molecule has 3 aliphatic rings. The third-order valence-electron chi connectivity index (χ3n) is 13.3. The van der Waals surface area contributed by atoms with Crippen molar-refractivity contribution in [1.82, 2.24) is 4.98 Å². The second-order valence-electron chi connectivity index (χ2n) is 15.5. The van der Waals surface area contributed by atoms with Crippen molar-refractivity contribution in [3.05, 3.63) is 64.4 Å². The lowest BCUT2D eigenvalue weighted by atomic mass is 9.37. The first-order chi connectivity index (χ1) is 21.2. The fourth-order valence-electron chi connectivity index (χ4n) is 10.0. The number of aromatic hydroxyl groups is 2. The maximum absolute atomic E-state index is 12.5. The van der Waals surface area contributed by atoms with Crippen LogP contribution in [0.15, 0.2) is 42.1 Å². The number of nitrogens with one attached hydrogen (secondary N) is 1. The number of phenols is 2. The van der Waals surface area contributed by atoms with Gasteiger partial charge in [-0.1, -0.05) is 39.3 Å². The molecule has 3 aliphatic carbocycles. The Morgan fingerprint density at radius 1 is 1.09 bits per heavy atom. The molecule has 1 aromatic heterocycles. The Labute approximate surface area is 267 Å². The molecule has 0 radical (unpaired) electrons. The zero-order chi connectivity index (χ0) is 32.5. The van der Waals surface area contributed by atoms with Crippen LogP contribution in [0.5, 0.6) is 17.2 Å². The summed E-state index contributed by atoms with van der Waals surface area (Å²) in [5, 5.41) is 33.0. The van der Waals surface area contributed by atoms with Crippen LogP contribution in [0.25, 0.3) is 10.9 Å². The maximum atomic E-state index is 12.5. The van der Waals surface area contributed by atoms with Gasteiger partial charge in [0.1, 0.15) is 5.75 Å². The Bertz CT molecular complexity index is 1690. The number of rotatable bonds is 6. The number of aryl methyl sites for hydroxylation is 1. The van der Waals surface area contributed by atoms with Crippen molar-refractivity contribution in [3.8, 4) is 17.2 Å². The van der Waals surface area contributed by atoms with Gasteiger partial charge in [0.25, 0.3) is 0 Å². The van der Waals surface area contributed by atoms with E-state index in [0.717, 1.165) is 91.1 Å². The maximum Gasteiger partial charge on any atom is 0.309 e. The number of hydrogen-bond donors (Lipinski definition) is 4. The summed E-state index contributed by atoms with van der Waals surface area (Å²) in [5.41, 5.74) is 5.68. The second kappa shape index (κ2) is 10.8. The molecule has 0 spiro atoms. The van der Waals surface area contributed by atoms with Crippen LogP contribution >= 0.6 is 0 Å². The number of phenolic OH excluding ortho intramolecular Hbond substituents is 2. The van der Waals surface area contributed by atoms with E-state index < -0.39 is 11.4 Å². The van der Waals surface area contributed by atoms with Crippen molar-refractivity contribution in [2.75, 3.05) is 7.11 Å². The number of carboxylic acids is 1. The molecule has 3 saturated carbocycles. The Balaban J connectivity index is 1.56. The van der Waals surface area contributed by atoms with E-state index in [9.17, 15) is 20.1 Å². The lowest BCUT2D eigenvalue weighted by Crippen LogP contribution is -2.59. The van der Waals surface area contributed by atoms with E-state index in [1.807, 2.05) is 26.0 Å². The number of fused-ring (bicyclic) bond motifs is 4. The quantitative estimate of drug-likeness (QED) is 0.164. The monoisotopic (exact) mass is 613 g/mol.